The molecule has 55 heavy (non-hydrogen) atoms. The van der Waals surface area contributed by atoms with Crippen LogP contribution in [-0.4, -0.2) is 124 Å². The number of amides is 2. The predicted molar refractivity (Wildman–Crippen MR) is 195 cm³/mol. The fraction of sp³-hybridized carbons (Fsp3) is 0.594. The van der Waals surface area contributed by atoms with Gasteiger partial charge in [-0.1, -0.05) is 23.7 Å². The van der Waals surface area contributed by atoms with E-state index in [2.05, 4.69) is 34.3 Å². The van der Waals surface area contributed by atoms with Crippen LogP contribution in [0.4, 0.5) is 9.59 Å². The van der Waals surface area contributed by atoms with Crippen LogP contribution in [0.5, 0.6) is 17.2 Å². The van der Waals surface area contributed by atoms with E-state index in [-0.39, 0.29) is 19.3 Å². The molecule has 1 rings (SSSR count). The number of hydrogen-bond acceptors (Lipinski definition) is 14. The molecule has 23 heteroatoms. The van der Waals surface area contributed by atoms with Crippen molar-refractivity contribution in [1.82, 2.24) is 10.6 Å². The van der Waals surface area contributed by atoms with Crippen LogP contribution in [0.2, 0.25) is 0 Å². The van der Waals surface area contributed by atoms with E-state index in [1.54, 1.807) is 41.5 Å². The molecule has 0 heterocycles. The second-order valence-electron chi connectivity index (χ2n) is 13.2. The van der Waals surface area contributed by atoms with Crippen LogP contribution in [0.1, 0.15) is 82.3 Å². The molecule has 20 nitrogen and oxygen atoms in total. The molecular weight excluding hydrogens is 797 g/mol. The minimum Gasteiger partial charge on any atom is -0.491 e. The number of carboxylic acids is 1. The Hall–Kier alpha value is -4.52. The highest BCUT2D eigenvalue weighted by Crippen LogP contribution is 2.44. The quantitative estimate of drug-likeness (QED) is 0.0700. The van der Waals surface area contributed by atoms with Crippen molar-refractivity contribution in [2.45, 2.75) is 72.0 Å². The highest BCUT2D eigenvalue weighted by Gasteiger charge is 2.31. The fourth-order valence-electron chi connectivity index (χ4n) is 3.91. The monoisotopic (exact) mass is 842 g/mol. The van der Waals surface area contributed by atoms with Gasteiger partial charge in [-0.15, -0.1) is 0 Å². The number of nitrogens with one attached hydrogen (secondary N) is 2. The summed E-state index contributed by atoms with van der Waals surface area (Å²) < 4.78 is 123. The van der Waals surface area contributed by atoms with Crippen molar-refractivity contribution in [3.05, 3.63) is 16.7 Å². The first-order chi connectivity index (χ1) is 25.1. The van der Waals surface area contributed by atoms with Gasteiger partial charge in [-0.2, -0.15) is 25.3 Å². The van der Waals surface area contributed by atoms with Gasteiger partial charge < -0.3 is 39.4 Å². The van der Waals surface area contributed by atoms with E-state index in [0.29, 0.717) is 0 Å². The highest BCUT2D eigenvalue weighted by molar-refractivity contribution is 7.86. The molecule has 1 aromatic carbocycles. The zero-order valence-corrected chi connectivity index (χ0v) is 33.5. The molecule has 0 unspecified atom stereocenters. The number of alkyl carbamates (subject to hydrolysis) is 2. The molecule has 0 aliphatic rings. The van der Waals surface area contributed by atoms with E-state index in [1.807, 2.05) is 0 Å². The Morgan fingerprint density at radius 3 is 1.16 bits per heavy atom. The van der Waals surface area contributed by atoms with Crippen molar-refractivity contribution in [1.29, 1.82) is 0 Å². The third kappa shape index (κ3) is 21.8. The van der Waals surface area contributed by atoms with Gasteiger partial charge in [0.1, 0.15) is 27.9 Å². The molecular formula is C32H46N2O18S3. The van der Waals surface area contributed by atoms with Gasteiger partial charge in [-0.3, -0.25) is 13.7 Å². The van der Waals surface area contributed by atoms with E-state index in [0.717, 1.165) is 0 Å². The molecule has 0 atom stereocenters. The van der Waals surface area contributed by atoms with Crippen molar-refractivity contribution >= 4 is 48.5 Å². The molecule has 0 radical (unpaired) electrons. The summed E-state index contributed by atoms with van der Waals surface area (Å²) in [5.41, 5.74) is -3.32. The minimum atomic E-state index is -4.48. The van der Waals surface area contributed by atoms with Crippen LogP contribution in [0.25, 0.3) is 0 Å². The van der Waals surface area contributed by atoms with E-state index in [1.165, 1.54) is 0 Å². The standard InChI is InChI=1S/C32H46N2O18S3/c1-31(2,3)51-29(37)33-14-7-12-22-25(48-16-9-19-53(39,40)41)23(13-8-15-34-30(38)52-32(4,5)6)27(50-18-11-21-55(45,46)47)24(28(35)36)26(22)49-17-10-20-54(42,43)44/h9-11,14-21H2,1-6H3,(H,33,37)(H,34,38)(H,35,36)(H,39,40,41)(H,42,43,44)(H,45,46,47). The van der Waals surface area contributed by atoms with Crippen molar-refractivity contribution < 1.29 is 82.1 Å². The summed E-state index contributed by atoms with van der Waals surface area (Å²) in [6.07, 6.45) is -2.83. The summed E-state index contributed by atoms with van der Waals surface area (Å²) >= 11 is 0. The predicted octanol–water partition coefficient (Wildman–Crippen LogP) is 2.11. The highest BCUT2D eigenvalue weighted by atomic mass is 32.2. The average molecular weight is 843 g/mol. The molecule has 0 aliphatic carbocycles. The Labute approximate surface area is 320 Å². The maximum atomic E-state index is 12.9. The third-order valence-electron chi connectivity index (χ3n) is 5.82. The van der Waals surface area contributed by atoms with E-state index >= 15 is 0 Å². The number of rotatable bonds is 18. The minimum absolute atomic E-state index is 0.339. The number of carbonyl (C=O) groups excluding carboxylic acids is 2. The Bertz CT molecular complexity index is 1880. The summed E-state index contributed by atoms with van der Waals surface area (Å²) in [6.45, 7) is 7.25. The first-order valence-electron chi connectivity index (χ1n) is 16.2. The van der Waals surface area contributed by atoms with Gasteiger partial charge >= 0.3 is 18.2 Å². The van der Waals surface area contributed by atoms with E-state index < -0.39 is 144 Å². The number of carbonyl (C=O) groups is 3. The van der Waals surface area contributed by atoms with Crippen molar-refractivity contribution in [3.8, 4) is 40.9 Å². The van der Waals surface area contributed by atoms with Gasteiger partial charge in [-0.05, 0) is 60.8 Å². The second-order valence-corrected chi connectivity index (χ2v) is 17.9. The summed E-state index contributed by atoms with van der Waals surface area (Å²) in [4.78, 5) is 37.3. The first kappa shape index (κ1) is 48.5. The van der Waals surface area contributed by atoms with Gasteiger partial charge in [-0.25, -0.2) is 14.4 Å². The lowest BCUT2D eigenvalue weighted by molar-refractivity contribution is 0.0523. The molecule has 310 valence electrons. The van der Waals surface area contributed by atoms with E-state index in [9.17, 15) is 58.4 Å². The molecule has 0 fully saturated rings. The smallest absolute Gasteiger partial charge is 0.408 e. The molecule has 0 bridgehead atoms. The van der Waals surface area contributed by atoms with Crippen LogP contribution in [0.15, 0.2) is 0 Å². The zero-order valence-electron chi connectivity index (χ0n) is 31.0. The molecule has 1 aromatic rings. The maximum Gasteiger partial charge on any atom is 0.408 e. The van der Waals surface area contributed by atoms with Crippen molar-refractivity contribution in [3.63, 3.8) is 0 Å². The fourth-order valence-corrected chi connectivity index (χ4v) is 5.36. The number of hydrogen-bond donors (Lipinski definition) is 6. The molecule has 0 aliphatic heterocycles. The van der Waals surface area contributed by atoms with Gasteiger partial charge in [0.15, 0.2) is 17.2 Å². The summed E-state index contributed by atoms with van der Waals surface area (Å²) in [6, 6.07) is 0. The summed E-state index contributed by atoms with van der Waals surface area (Å²) in [5.74, 6) is 4.59. The van der Waals surface area contributed by atoms with Crippen molar-refractivity contribution in [2.24, 2.45) is 0 Å². The SMILES string of the molecule is CC(C)(C)OC(=O)NCC#Cc1c(OCCCS(=O)(=O)O)c(C#CCNC(=O)OC(C)(C)C)c(OCCCS(=O)(=O)O)c(C(=O)O)c1OCCCS(=O)(=O)O. The average Bonchev–Trinajstić information content (AvgIpc) is 2.97. The lowest BCUT2D eigenvalue weighted by Crippen LogP contribution is -2.32. The lowest BCUT2D eigenvalue weighted by Gasteiger charge is -2.21. The molecule has 0 aromatic heterocycles. The summed E-state index contributed by atoms with van der Waals surface area (Å²) in [7, 11) is -13.4. The maximum absolute atomic E-state index is 12.9. The second kappa shape index (κ2) is 21.0. The van der Waals surface area contributed by atoms with Crippen LogP contribution < -0.4 is 24.8 Å². The van der Waals surface area contributed by atoms with Crippen molar-refractivity contribution in [2.75, 3.05) is 50.2 Å². The number of ether oxygens (including phenoxy) is 5. The number of aromatic carboxylic acids is 1. The molecule has 0 spiro atoms. The molecule has 2 amide bonds. The molecule has 6 N–H and O–H groups in total. The Kier molecular flexibility index (Phi) is 18.5. The Balaban J connectivity index is 4.13. The van der Waals surface area contributed by atoms with Gasteiger partial charge in [0.05, 0.1) is 50.2 Å². The zero-order chi connectivity index (χ0) is 42.3. The number of carboxylic acid groups (broad SMARTS) is 1. The van der Waals surface area contributed by atoms with Gasteiger partial charge in [0, 0.05) is 0 Å². The van der Waals surface area contributed by atoms with Crippen LogP contribution >= 0.6 is 0 Å². The normalized spacial score (nSPS) is 11.9. The Morgan fingerprint density at radius 2 is 0.891 bits per heavy atom. The first-order valence-corrected chi connectivity index (χ1v) is 21.0. The van der Waals surface area contributed by atoms with Crippen LogP contribution in [0, 0.1) is 23.7 Å². The number of benzene rings is 1. The molecule has 0 saturated heterocycles. The van der Waals surface area contributed by atoms with Gasteiger partial charge in [0.2, 0.25) is 0 Å². The lowest BCUT2D eigenvalue weighted by atomic mass is 9.99. The summed E-state index contributed by atoms with van der Waals surface area (Å²) in [5, 5.41) is 15.2. The van der Waals surface area contributed by atoms with Gasteiger partial charge in [0.25, 0.3) is 30.4 Å². The van der Waals surface area contributed by atoms with Crippen LogP contribution in [-0.2, 0) is 39.8 Å². The van der Waals surface area contributed by atoms with E-state index in [4.69, 9.17) is 23.7 Å². The van der Waals surface area contributed by atoms with Crippen LogP contribution in [0.3, 0.4) is 0 Å². The third-order valence-corrected chi connectivity index (χ3v) is 8.24. The largest absolute Gasteiger partial charge is 0.491 e. The topological polar surface area (TPSA) is 305 Å². The molecule has 0 saturated carbocycles. The Morgan fingerprint density at radius 1 is 0.582 bits per heavy atom.